The molecule has 0 aliphatic carbocycles. The molecule has 1 heterocycles. The normalized spacial score (nSPS) is 24.2. The number of nitrogens with zero attached hydrogens (tertiary/aromatic N) is 2. The van der Waals surface area contributed by atoms with Crippen LogP contribution in [0.1, 0.15) is 33.6 Å². The fourth-order valence-corrected chi connectivity index (χ4v) is 2.18. The van der Waals surface area contributed by atoms with E-state index in [1.165, 1.54) is 9.80 Å². The number of aliphatic carboxylic acids is 1. The van der Waals surface area contributed by atoms with Crippen LogP contribution < -0.4 is 0 Å². The number of carbonyl (C=O) groups excluding carboxylic acids is 1. The number of hydrogen-bond acceptors (Lipinski definition) is 3. The lowest BCUT2D eigenvalue weighted by molar-refractivity contribution is -0.138. The summed E-state index contributed by atoms with van der Waals surface area (Å²) in [6.45, 7) is 5.77. The van der Waals surface area contributed by atoms with Crippen LogP contribution in [0.2, 0.25) is 0 Å². The number of hydrogen-bond donors (Lipinski definition) is 2. The number of amides is 2. The fourth-order valence-electron chi connectivity index (χ4n) is 2.18. The Bertz CT molecular complexity index is 328. The molecule has 1 fully saturated rings. The van der Waals surface area contributed by atoms with Crippen LogP contribution in [0.5, 0.6) is 0 Å². The van der Waals surface area contributed by atoms with Crippen molar-refractivity contribution in [3.63, 3.8) is 0 Å². The standard InChI is InChI=1S/C12H22N2O4/c1-9(2)14(7-10(15)16)11(17)13-6-4-5-12(3,18)8-13/h9,18H,4-8H2,1-3H3,(H,15,16). The Morgan fingerprint density at radius 3 is 2.50 bits per heavy atom. The number of aliphatic hydroxyl groups is 1. The summed E-state index contributed by atoms with van der Waals surface area (Å²) in [6.07, 6.45) is 1.40. The Morgan fingerprint density at radius 1 is 1.44 bits per heavy atom. The van der Waals surface area contributed by atoms with E-state index in [1.807, 2.05) is 0 Å². The topological polar surface area (TPSA) is 81.1 Å². The highest BCUT2D eigenvalue weighted by Gasteiger charge is 2.34. The van der Waals surface area contributed by atoms with Crippen molar-refractivity contribution < 1.29 is 19.8 Å². The van der Waals surface area contributed by atoms with Gasteiger partial charge in [-0.2, -0.15) is 0 Å². The first-order valence-electron chi connectivity index (χ1n) is 6.22. The zero-order valence-corrected chi connectivity index (χ0v) is 11.2. The summed E-state index contributed by atoms with van der Waals surface area (Å²) in [6, 6.07) is -0.493. The van der Waals surface area contributed by atoms with Gasteiger partial charge < -0.3 is 20.0 Å². The lowest BCUT2D eigenvalue weighted by Crippen LogP contribution is -2.55. The summed E-state index contributed by atoms with van der Waals surface area (Å²) >= 11 is 0. The van der Waals surface area contributed by atoms with E-state index in [9.17, 15) is 14.7 Å². The summed E-state index contributed by atoms with van der Waals surface area (Å²) in [4.78, 5) is 25.9. The number of β-amino-alcohol motifs (C(OH)–C–C–N with tert-alkyl or cyclic N) is 1. The lowest BCUT2D eigenvalue weighted by Gasteiger charge is -2.40. The Balaban J connectivity index is 2.73. The van der Waals surface area contributed by atoms with Crippen LogP contribution in [-0.2, 0) is 4.79 Å². The average molecular weight is 258 g/mol. The number of carbonyl (C=O) groups is 2. The Kier molecular flexibility index (Phi) is 4.56. The van der Waals surface area contributed by atoms with E-state index in [0.717, 1.165) is 6.42 Å². The van der Waals surface area contributed by atoms with Gasteiger partial charge in [-0.15, -0.1) is 0 Å². The van der Waals surface area contributed by atoms with Gasteiger partial charge in [-0.25, -0.2) is 4.79 Å². The SMILES string of the molecule is CC(C)N(CC(=O)O)C(=O)N1CCCC(C)(O)C1. The first-order valence-corrected chi connectivity index (χ1v) is 6.22. The van der Waals surface area contributed by atoms with Crippen LogP contribution in [0.4, 0.5) is 4.79 Å². The van der Waals surface area contributed by atoms with Gasteiger partial charge in [-0.3, -0.25) is 4.79 Å². The minimum atomic E-state index is -1.03. The molecule has 0 spiro atoms. The summed E-state index contributed by atoms with van der Waals surface area (Å²) in [5, 5.41) is 18.8. The van der Waals surface area contributed by atoms with Crippen molar-refractivity contribution in [2.24, 2.45) is 0 Å². The molecule has 1 saturated heterocycles. The number of likely N-dealkylation sites (tertiary alicyclic amines) is 1. The van der Waals surface area contributed by atoms with E-state index in [1.54, 1.807) is 20.8 Å². The Hall–Kier alpha value is -1.30. The molecule has 1 atom stereocenters. The Labute approximate surface area is 107 Å². The van der Waals surface area contributed by atoms with Gasteiger partial charge in [0.15, 0.2) is 0 Å². The quantitative estimate of drug-likeness (QED) is 0.782. The molecule has 1 rings (SSSR count). The zero-order valence-electron chi connectivity index (χ0n) is 11.2. The lowest BCUT2D eigenvalue weighted by atomic mass is 9.95. The highest BCUT2D eigenvalue weighted by molar-refractivity contribution is 5.80. The van der Waals surface area contributed by atoms with E-state index in [2.05, 4.69) is 0 Å². The summed E-state index contributed by atoms with van der Waals surface area (Å²) in [5.41, 5.74) is -0.875. The van der Waals surface area contributed by atoms with Crippen LogP contribution in [0, 0.1) is 0 Å². The maximum Gasteiger partial charge on any atom is 0.323 e. The molecular weight excluding hydrogens is 236 g/mol. The maximum atomic E-state index is 12.2. The fraction of sp³-hybridized carbons (Fsp3) is 0.833. The number of piperidine rings is 1. The molecule has 1 aliphatic rings. The molecule has 0 radical (unpaired) electrons. The summed E-state index contributed by atoms with van der Waals surface area (Å²) < 4.78 is 0. The van der Waals surface area contributed by atoms with Gasteiger partial charge in [0.05, 0.1) is 12.1 Å². The molecule has 0 aromatic rings. The van der Waals surface area contributed by atoms with Crippen molar-refractivity contribution in [3.8, 4) is 0 Å². The second-order valence-corrected chi connectivity index (χ2v) is 5.42. The second kappa shape index (κ2) is 5.56. The predicted molar refractivity (Wildman–Crippen MR) is 66.3 cm³/mol. The van der Waals surface area contributed by atoms with Crippen LogP contribution in [-0.4, -0.2) is 63.3 Å². The first kappa shape index (κ1) is 14.8. The first-order chi connectivity index (χ1) is 8.23. The van der Waals surface area contributed by atoms with Crippen molar-refractivity contribution >= 4 is 12.0 Å². The van der Waals surface area contributed by atoms with Gasteiger partial charge >= 0.3 is 12.0 Å². The molecule has 0 bridgehead atoms. The number of rotatable bonds is 3. The van der Waals surface area contributed by atoms with Gasteiger partial charge in [0.25, 0.3) is 0 Å². The van der Waals surface area contributed by atoms with Crippen molar-refractivity contribution in [3.05, 3.63) is 0 Å². The highest BCUT2D eigenvalue weighted by atomic mass is 16.4. The minimum absolute atomic E-state index is 0.180. The molecular formula is C12H22N2O4. The average Bonchev–Trinajstić information content (AvgIpc) is 2.23. The van der Waals surface area contributed by atoms with Gasteiger partial charge in [0, 0.05) is 12.6 Å². The number of carboxylic acid groups (broad SMARTS) is 1. The molecule has 0 aromatic carbocycles. The molecule has 6 nitrogen and oxygen atoms in total. The van der Waals surface area contributed by atoms with Crippen molar-refractivity contribution in [2.75, 3.05) is 19.6 Å². The van der Waals surface area contributed by atoms with Crippen molar-refractivity contribution in [2.45, 2.75) is 45.3 Å². The van der Waals surface area contributed by atoms with Crippen LogP contribution in [0.3, 0.4) is 0 Å². The smallest absolute Gasteiger partial charge is 0.323 e. The van der Waals surface area contributed by atoms with E-state index >= 15 is 0 Å². The minimum Gasteiger partial charge on any atom is -0.480 e. The van der Waals surface area contributed by atoms with Crippen molar-refractivity contribution in [1.29, 1.82) is 0 Å². The molecule has 104 valence electrons. The molecule has 1 aliphatic heterocycles. The Morgan fingerprint density at radius 2 is 2.06 bits per heavy atom. The molecule has 2 amide bonds. The van der Waals surface area contributed by atoms with Gasteiger partial charge in [-0.1, -0.05) is 0 Å². The van der Waals surface area contributed by atoms with E-state index in [-0.39, 0.29) is 25.2 Å². The molecule has 0 saturated carbocycles. The molecule has 18 heavy (non-hydrogen) atoms. The van der Waals surface area contributed by atoms with Crippen LogP contribution in [0.25, 0.3) is 0 Å². The van der Waals surface area contributed by atoms with Gasteiger partial charge in [-0.05, 0) is 33.6 Å². The van der Waals surface area contributed by atoms with Crippen LogP contribution in [0.15, 0.2) is 0 Å². The molecule has 1 unspecified atom stereocenters. The predicted octanol–water partition coefficient (Wildman–Crippen LogP) is 0.748. The monoisotopic (exact) mass is 258 g/mol. The van der Waals surface area contributed by atoms with Gasteiger partial charge in [0.2, 0.25) is 0 Å². The van der Waals surface area contributed by atoms with Crippen LogP contribution >= 0.6 is 0 Å². The van der Waals surface area contributed by atoms with Crippen molar-refractivity contribution in [1.82, 2.24) is 9.80 Å². The van der Waals surface area contributed by atoms with Gasteiger partial charge in [0.1, 0.15) is 6.54 Å². The zero-order chi connectivity index (χ0) is 13.9. The summed E-state index contributed by atoms with van der Waals surface area (Å²) in [7, 11) is 0. The molecule has 2 N–H and O–H groups in total. The third-order valence-corrected chi connectivity index (χ3v) is 3.12. The third kappa shape index (κ3) is 3.87. The molecule has 0 aromatic heterocycles. The molecule has 6 heteroatoms. The summed E-state index contributed by atoms with van der Waals surface area (Å²) in [5.74, 6) is -1.03. The van der Waals surface area contributed by atoms with E-state index < -0.39 is 11.6 Å². The largest absolute Gasteiger partial charge is 0.480 e. The van der Waals surface area contributed by atoms with E-state index in [4.69, 9.17) is 5.11 Å². The highest BCUT2D eigenvalue weighted by Crippen LogP contribution is 2.21. The van der Waals surface area contributed by atoms with E-state index in [0.29, 0.717) is 13.0 Å². The number of carboxylic acids is 1. The third-order valence-electron chi connectivity index (χ3n) is 3.12. The second-order valence-electron chi connectivity index (χ2n) is 5.42. The maximum absolute atomic E-state index is 12.2. The number of urea groups is 1.